The van der Waals surface area contributed by atoms with Crippen LogP contribution in [0.15, 0.2) is 33.6 Å². The molecule has 0 spiro atoms. The van der Waals surface area contributed by atoms with E-state index in [0.29, 0.717) is 5.82 Å². The highest BCUT2D eigenvalue weighted by Crippen LogP contribution is 2.35. The molecule has 0 saturated carbocycles. The summed E-state index contributed by atoms with van der Waals surface area (Å²) in [4.78, 5) is 13.5. The first-order valence-corrected chi connectivity index (χ1v) is 4.98. The number of benzene rings is 1. The van der Waals surface area contributed by atoms with Crippen LogP contribution in [-0.4, -0.2) is 10.1 Å². The molecule has 4 heteroatoms. The zero-order chi connectivity index (χ0) is 10.3. The fourth-order valence-corrected chi connectivity index (χ4v) is 2.23. The van der Waals surface area contributed by atoms with Gasteiger partial charge in [-0.3, -0.25) is 9.51 Å². The Morgan fingerprint density at radius 3 is 3.07 bits per heavy atom. The molecule has 0 amide bonds. The summed E-state index contributed by atoms with van der Waals surface area (Å²) in [5.74, 6) is 0.354. The van der Waals surface area contributed by atoms with E-state index in [-0.39, 0.29) is 5.92 Å². The van der Waals surface area contributed by atoms with Crippen molar-refractivity contribution in [2.75, 3.05) is 0 Å². The summed E-state index contributed by atoms with van der Waals surface area (Å²) < 4.78 is 4.53. The first kappa shape index (κ1) is 8.47. The fourth-order valence-electron chi connectivity index (χ4n) is 2.23. The SMILES string of the molecule is O=c1[nH]c(C2CCc3ccccc32)no1. The van der Waals surface area contributed by atoms with E-state index >= 15 is 0 Å². The summed E-state index contributed by atoms with van der Waals surface area (Å²) >= 11 is 0. The van der Waals surface area contributed by atoms with E-state index < -0.39 is 5.76 Å². The molecule has 1 aromatic carbocycles. The molecular weight excluding hydrogens is 192 g/mol. The third kappa shape index (κ3) is 1.29. The number of H-pyrrole nitrogens is 1. The lowest BCUT2D eigenvalue weighted by Crippen LogP contribution is -2.02. The average Bonchev–Trinajstić information content (AvgIpc) is 2.83. The third-order valence-electron chi connectivity index (χ3n) is 2.92. The maximum atomic E-state index is 10.9. The van der Waals surface area contributed by atoms with E-state index in [4.69, 9.17) is 0 Å². The quantitative estimate of drug-likeness (QED) is 0.761. The molecule has 0 aliphatic heterocycles. The zero-order valence-electron chi connectivity index (χ0n) is 8.06. The fraction of sp³-hybridized carbons (Fsp3) is 0.273. The van der Waals surface area contributed by atoms with Crippen molar-refractivity contribution in [3.05, 3.63) is 51.8 Å². The molecule has 1 aliphatic rings. The Bertz CT molecular complexity index is 541. The largest absolute Gasteiger partial charge is 0.438 e. The molecule has 0 bridgehead atoms. The molecule has 76 valence electrons. The van der Waals surface area contributed by atoms with Crippen molar-refractivity contribution < 1.29 is 4.52 Å². The highest BCUT2D eigenvalue weighted by atomic mass is 16.5. The summed E-state index contributed by atoms with van der Waals surface area (Å²) in [6, 6.07) is 8.25. The van der Waals surface area contributed by atoms with Crippen molar-refractivity contribution >= 4 is 0 Å². The standard InChI is InChI=1S/C11H10N2O2/c14-11-12-10(13-15-11)9-6-5-7-3-1-2-4-8(7)9/h1-4,9H,5-6H2,(H,12,13,14). The Morgan fingerprint density at radius 1 is 1.40 bits per heavy atom. The summed E-state index contributed by atoms with van der Waals surface area (Å²) in [5, 5.41) is 3.75. The second kappa shape index (κ2) is 3.08. The van der Waals surface area contributed by atoms with Crippen LogP contribution in [0.5, 0.6) is 0 Å². The van der Waals surface area contributed by atoms with Crippen molar-refractivity contribution in [1.29, 1.82) is 0 Å². The molecule has 1 unspecified atom stereocenters. The lowest BCUT2D eigenvalue weighted by molar-refractivity contribution is 0.379. The van der Waals surface area contributed by atoms with Crippen molar-refractivity contribution in [3.8, 4) is 0 Å². The minimum absolute atomic E-state index is 0.188. The number of fused-ring (bicyclic) bond motifs is 1. The van der Waals surface area contributed by atoms with Crippen LogP contribution in [0.25, 0.3) is 0 Å². The van der Waals surface area contributed by atoms with E-state index in [1.165, 1.54) is 11.1 Å². The lowest BCUT2D eigenvalue weighted by atomic mass is 10.0. The Hall–Kier alpha value is -1.84. The van der Waals surface area contributed by atoms with Crippen LogP contribution < -0.4 is 5.76 Å². The van der Waals surface area contributed by atoms with Crippen LogP contribution in [0.4, 0.5) is 0 Å². The van der Waals surface area contributed by atoms with E-state index in [2.05, 4.69) is 26.8 Å². The van der Waals surface area contributed by atoms with Crippen molar-refractivity contribution in [2.24, 2.45) is 0 Å². The van der Waals surface area contributed by atoms with Crippen LogP contribution in [0.3, 0.4) is 0 Å². The number of hydrogen-bond acceptors (Lipinski definition) is 3. The van der Waals surface area contributed by atoms with Gasteiger partial charge in [-0.2, -0.15) is 0 Å². The first-order chi connectivity index (χ1) is 7.34. The second-order valence-corrected chi connectivity index (χ2v) is 3.77. The predicted octanol–water partition coefficient (Wildman–Crippen LogP) is 1.44. The van der Waals surface area contributed by atoms with Gasteiger partial charge in [-0.25, -0.2) is 4.79 Å². The normalized spacial score (nSPS) is 19.1. The Morgan fingerprint density at radius 2 is 2.27 bits per heavy atom. The van der Waals surface area contributed by atoms with Crippen molar-refractivity contribution in [1.82, 2.24) is 10.1 Å². The molecular formula is C11H10N2O2. The van der Waals surface area contributed by atoms with Gasteiger partial charge in [0.2, 0.25) is 0 Å². The molecule has 0 fully saturated rings. The number of aryl methyl sites for hydroxylation is 1. The number of aromatic amines is 1. The van der Waals surface area contributed by atoms with Gasteiger partial charge in [-0.1, -0.05) is 29.4 Å². The number of rotatable bonds is 1. The summed E-state index contributed by atoms with van der Waals surface area (Å²) in [6.07, 6.45) is 2.03. The van der Waals surface area contributed by atoms with Crippen LogP contribution in [0.2, 0.25) is 0 Å². The molecule has 0 radical (unpaired) electrons. The summed E-state index contributed by atoms with van der Waals surface area (Å²) in [7, 11) is 0. The van der Waals surface area contributed by atoms with Crippen LogP contribution >= 0.6 is 0 Å². The molecule has 4 nitrogen and oxygen atoms in total. The van der Waals surface area contributed by atoms with Crippen LogP contribution in [-0.2, 0) is 6.42 Å². The van der Waals surface area contributed by atoms with Gasteiger partial charge in [0.25, 0.3) is 0 Å². The summed E-state index contributed by atoms with van der Waals surface area (Å²) in [5.41, 5.74) is 2.59. The van der Waals surface area contributed by atoms with E-state index in [1.807, 2.05) is 12.1 Å². The van der Waals surface area contributed by atoms with E-state index in [0.717, 1.165) is 12.8 Å². The predicted molar refractivity (Wildman–Crippen MR) is 53.7 cm³/mol. The van der Waals surface area contributed by atoms with Gasteiger partial charge in [0, 0.05) is 5.92 Å². The Balaban J connectivity index is 2.07. The highest BCUT2D eigenvalue weighted by Gasteiger charge is 2.26. The molecule has 1 aromatic heterocycles. The van der Waals surface area contributed by atoms with E-state index in [9.17, 15) is 4.79 Å². The topological polar surface area (TPSA) is 58.9 Å². The van der Waals surface area contributed by atoms with Crippen molar-refractivity contribution in [2.45, 2.75) is 18.8 Å². The molecule has 3 rings (SSSR count). The van der Waals surface area contributed by atoms with E-state index in [1.54, 1.807) is 0 Å². The van der Waals surface area contributed by atoms with Crippen LogP contribution in [0.1, 0.15) is 29.3 Å². The monoisotopic (exact) mass is 202 g/mol. The Labute approximate surface area is 85.9 Å². The van der Waals surface area contributed by atoms with Gasteiger partial charge in [0.05, 0.1) is 0 Å². The lowest BCUT2D eigenvalue weighted by Gasteiger charge is -2.05. The van der Waals surface area contributed by atoms with Gasteiger partial charge in [-0.15, -0.1) is 0 Å². The second-order valence-electron chi connectivity index (χ2n) is 3.77. The maximum absolute atomic E-state index is 10.9. The molecule has 1 heterocycles. The number of nitrogens with one attached hydrogen (secondary N) is 1. The van der Waals surface area contributed by atoms with Gasteiger partial charge in [0.15, 0.2) is 5.82 Å². The number of aromatic nitrogens is 2. The number of hydrogen-bond donors (Lipinski definition) is 1. The van der Waals surface area contributed by atoms with Gasteiger partial charge < -0.3 is 0 Å². The van der Waals surface area contributed by atoms with Gasteiger partial charge >= 0.3 is 5.76 Å². The third-order valence-corrected chi connectivity index (χ3v) is 2.92. The molecule has 2 aromatic rings. The molecule has 0 saturated heterocycles. The molecule has 1 atom stereocenters. The molecule has 1 N–H and O–H groups in total. The molecule has 1 aliphatic carbocycles. The van der Waals surface area contributed by atoms with Gasteiger partial charge in [-0.05, 0) is 24.0 Å². The average molecular weight is 202 g/mol. The number of nitrogens with zero attached hydrogens (tertiary/aromatic N) is 1. The minimum Gasteiger partial charge on any atom is -0.296 e. The van der Waals surface area contributed by atoms with Crippen LogP contribution in [0, 0.1) is 0 Å². The summed E-state index contributed by atoms with van der Waals surface area (Å²) in [6.45, 7) is 0. The van der Waals surface area contributed by atoms with Crippen molar-refractivity contribution in [3.63, 3.8) is 0 Å². The smallest absolute Gasteiger partial charge is 0.296 e. The highest BCUT2D eigenvalue weighted by molar-refractivity contribution is 5.38. The minimum atomic E-state index is -0.477. The Kier molecular flexibility index (Phi) is 1.74. The zero-order valence-corrected chi connectivity index (χ0v) is 8.06. The van der Waals surface area contributed by atoms with Gasteiger partial charge in [0.1, 0.15) is 0 Å². The first-order valence-electron chi connectivity index (χ1n) is 4.98. The molecule has 15 heavy (non-hydrogen) atoms. The maximum Gasteiger partial charge on any atom is 0.438 e.